The molecular formula is H6BrClMg2. The van der Waals surface area contributed by atoms with Crippen LogP contribution >= 0.6 is 29.4 Å². The molecule has 4 heavy (non-hydrogen) atoms. The molecule has 0 N–H and O–H groups in total. The van der Waals surface area contributed by atoms with Gasteiger partial charge in [-0.1, -0.05) is 0 Å². The van der Waals surface area contributed by atoms with Gasteiger partial charge < -0.3 is 5.71 Å². The molecule has 0 aromatic carbocycles. The van der Waals surface area contributed by atoms with E-state index in [1.165, 1.54) is 0 Å². The molecule has 0 saturated heterocycles. The molecule has 0 unspecified atom stereocenters. The van der Waals surface area contributed by atoms with Crippen molar-refractivity contribution in [1.29, 1.82) is 0 Å². The zero-order valence-electron chi connectivity index (χ0n) is 6.23. The Bertz CT molecular complexity index is 14.0. The van der Waals surface area contributed by atoms with Crippen LogP contribution in [0.1, 0.15) is 5.71 Å². The average Bonchev–Trinajstić information content (AvgIpc) is 0. The van der Waals surface area contributed by atoms with E-state index < -0.39 is 0 Å². The largest absolute Gasteiger partial charge is 2.00 e. The maximum Gasteiger partial charge on any atom is 2.00 e. The molecule has 0 fully saturated rings. The summed E-state index contributed by atoms with van der Waals surface area (Å²) in [5, 5.41) is 0. The molecule has 0 rings (SSSR count). The Morgan fingerprint density at radius 2 is 1.00 bits per heavy atom. The van der Waals surface area contributed by atoms with E-state index in [1.54, 1.807) is 0 Å². The molecule has 0 heterocycles. The van der Waals surface area contributed by atoms with E-state index in [-0.39, 0.29) is 81.2 Å². The van der Waals surface area contributed by atoms with Gasteiger partial charge in [0.1, 0.15) is 0 Å². The van der Waals surface area contributed by atoms with Gasteiger partial charge in [0, 0.05) is 0 Å². The van der Waals surface area contributed by atoms with E-state index in [9.17, 15) is 0 Å². The van der Waals surface area contributed by atoms with Crippen molar-refractivity contribution in [2.45, 2.75) is 0 Å². The molecule has 0 spiro atoms. The normalized spacial score (nSPS) is 0. The summed E-state index contributed by atoms with van der Waals surface area (Å²) < 4.78 is 0. The van der Waals surface area contributed by atoms with Gasteiger partial charge in [-0.2, -0.15) is 0 Å². The zero-order chi connectivity index (χ0) is 0. The van der Waals surface area contributed by atoms with Crippen LogP contribution < -0.4 is 0 Å². The second kappa shape index (κ2) is 18.5. The summed E-state index contributed by atoms with van der Waals surface area (Å²) in [5.41, 5.74) is 0. The molecule has 24 valence electrons. The van der Waals surface area contributed by atoms with Gasteiger partial charge in [-0.05, 0) is 0 Å². The SMILES string of the molecule is Br.Cl.[H-].[H-].[H-].[H-].[Mg+2].[Mg+2]. The van der Waals surface area contributed by atoms with Crippen LogP contribution in [0.5, 0.6) is 0 Å². The number of hydrogen-bond acceptors (Lipinski definition) is 0. The maximum absolute atomic E-state index is 0. The zero-order valence-corrected chi connectivity index (χ0v) is 7.59. The summed E-state index contributed by atoms with van der Waals surface area (Å²) >= 11 is 0. The van der Waals surface area contributed by atoms with Crippen LogP contribution in [-0.2, 0) is 0 Å². The fraction of sp³-hybridized carbons (Fsp3) is 0. The number of hydrogen-bond donors (Lipinski definition) is 0. The summed E-state index contributed by atoms with van der Waals surface area (Å²) in [6.45, 7) is 0. The minimum atomic E-state index is 0. The van der Waals surface area contributed by atoms with Gasteiger partial charge in [-0.3, -0.25) is 0 Å². The Morgan fingerprint density at radius 1 is 1.00 bits per heavy atom. The molecule has 0 amide bonds. The summed E-state index contributed by atoms with van der Waals surface area (Å²) in [4.78, 5) is 0. The standard InChI is InChI=1S/BrH.ClH.2Mg.4H/h2*1H;;;;;;/q;;2*+2;4*-1. The van der Waals surface area contributed by atoms with Crippen molar-refractivity contribution in [3.8, 4) is 0 Å². The van der Waals surface area contributed by atoms with Gasteiger partial charge in [0.25, 0.3) is 0 Å². The predicted molar refractivity (Wildman–Crippen MR) is 33.5 cm³/mol. The van der Waals surface area contributed by atoms with E-state index in [2.05, 4.69) is 0 Å². The molecule has 0 nitrogen and oxygen atoms in total. The van der Waals surface area contributed by atoms with Crippen molar-refractivity contribution in [2.24, 2.45) is 0 Å². The third-order valence-electron chi connectivity index (χ3n) is 0. The van der Waals surface area contributed by atoms with E-state index in [0.717, 1.165) is 0 Å². The first kappa shape index (κ1) is 33.4. The van der Waals surface area contributed by atoms with Gasteiger partial charge in [0.05, 0.1) is 0 Å². The molecule has 0 aromatic rings. The average molecular weight is 170 g/mol. The third kappa shape index (κ3) is 8.85. The second-order valence-corrected chi connectivity index (χ2v) is 0. The van der Waals surface area contributed by atoms with Crippen LogP contribution in [0.2, 0.25) is 0 Å². The van der Waals surface area contributed by atoms with Crippen molar-refractivity contribution in [3.05, 3.63) is 0 Å². The molecule has 0 bridgehead atoms. The van der Waals surface area contributed by atoms with Crippen LogP contribution in [0.15, 0.2) is 0 Å². The van der Waals surface area contributed by atoms with E-state index in [1.807, 2.05) is 0 Å². The van der Waals surface area contributed by atoms with E-state index in [0.29, 0.717) is 0 Å². The minimum Gasteiger partial charge on any atom is -1.00 e. The Balaban J connectivity index is 0. The molecule has 0 aliphatic rings. The van der Waals surface area contributed by atoms with Crippen molar-refractivity contribution >= 4 is 75.5 Å². The van der Waals surface area contributed by atoms with Crippen molar-refractivity contribution in [1.82, 2.24) is 0 Å². The molecule has 0 radical (unpaired) electrons. The predicted octanol–water partition coefficient (Wildman–Crippen LogP) is 0.688. The van der Waals surface area contributed by atoms with Crippen LogP contribution in [-0.4, -0.2) is 46.1 Å². The molecule has 0 atom stereocenters. The number of rotatable bonds is 0. The van der Waals surface area contributed by atoms with Crippen LogP contribution in [0, 0.1) is 0 Å². The van der Waals surface area contributed by atoms with Gasteiger partial charge in [0.2, 0.25) is 0 Å². The fourth-order valence-corrected chi connectivity index (χ4v) is 0. The van der Waals surface area contributed by atoms with Crippen LogP contribution in [0.4, 0.5) is 0 Å². The Morgan fingerprint density at radius 3 is 1.00 bits per heavy atom. The molecule has 0 aromatic heterocycles. The maximum atomic E-state index is 0. The molecule has 0 aliphatic carbocycles. The minimum absolute atomic E-state index is 0. The quantitative estimate of drug-likeness (QED) is 0.469. The van der Waals surface area contributed by atoms with Crippen LogP contribution in [0.3, 0.4) is 0 Å². The molecule has 4 heteroatoms. The third-order valence-corrected chi connectivity index (χ3v) is 0. The van der Waals surface area contributed by atoms with Crippen molar-refractivity contribution in [3.63, 3.8) is 0 Å². The Kier molecular flexibility index (Phi) is 155. The summed E-state index contributed by atoms with van der Waals surface area (Å²) in [5.74, 6) is 0. The topological polar surface area (TPSA) is 0 Å². The first-order valence-electron chi connectivity index (χ1n) is 0. The van der Waals surface area contributed by atoms with Crippen molar-refractivity contribution < 1.29 is 5.71 Å². The summed E-state index contributed by atoms with van der Waals surface area (Å²) in [7, 11) is 0. The number of halogens is 2. The molecule has 0 aliphatic heterocycles. The van der Waals surface area contributed by atoms with Gasteiger partial charge in [0.15, 0.2) is 0 Å². The van der Waals surface area contributed by atoms with Gasteiger partial charge in [-0.25, -0.2) is 0 Å². The Labute approximate surface area is 80.5 Å². The first-order chi connectivity index (χ1) is 0. The fourth-order valence-electron chi connectivity index (χ4n) is 0. The molecular weight excluding hydrogens is 164 g/mol. The van der Waals surface area contributed by atoms with Crippen LogP contribution in [0.25, 0.3) is 0 Å². The summed E-state index contributed by atoms with van der Waals surface area (Å²) in [6.07, 6.45) is 0. The smallest absolute Gasteiger partial charge is 1.00 e. The molecule has 0 saturated carbocycles. The Hall–Kier alpha value is 2.30. The van der Waals surface area contributed by atoms with Gasteiger partial charge >= 0.3 is 46.1 Å². The van der Waals surface area contributed by atoms with E-state index >= 15 is 0 Å². The second-order valence-electron chi connectivity index (χ2n) is 0. The first-order valence-corrected chi connectivity index (χ1v) is 0. The monoisotopic (exact) mass is 168 g/mol. The van der Waals surface area contributed by atoms with E-state index in [4.69, 9.17) is 0 Å². The summed E-state index contributed by atoms with van der Waals surface area (Å²) in [6, 6.07) is 0. The van der Waals surface area contributed by atoms with Crippen molar-refractivity contribution in [2.75, 3.05) is 0 Å². The van der Waals surface area contributed by atoms with Gasteiger partial charge in [-0.15, -0.1) is 29.4 Å².